The highest BCUT2D eigenvalue weighted by Gasteiger charge is 2.42. The van der Waals surface area contributed by atoms with E-state index < -0.39 is 17.7 Å². The summed E-state index contributed by atoms with van der Waals surface area (Å²) in [7, 11) is 1.60. The van der Waals surface area contributed by atoms with E-state index in [9.17, 15) is 34.5 Å². The summed E-state index contributed by atoms with van der Waals surface area (Å²) in [6.45, 7) is 4.24. The zero-order valence-electron chi connectivity index (χ0n) is 37.6. The molecule has 346 valence electrons. The van der Waals surface area contributed by atoms with Crippen molar-refractivity contribution >= 4 is 34.3 Å². The molecule has 3 heterocycles. The van der Waals surface area contributed by atoms with E-state index in [1.54, 1.807) is 66.5 Å². The lowest BCUT2D eigenvalue weighted by Gasteiger charge is -2.33. The minimum Gasteiger partial charge on any atom is -0.506 e. The Morgan fingerprint density at radius 1 is 0.851 bits per heavy atom. The molecule has 2 atom stereocenters. The largest absolute Gasteiger partial charge is 0.506 e. The molecule has 0 aliphatic carbocycles. The molecule has 0 radical (unpaired) electrons. The average Bonchev–Trinajstić information content (AvgIpc) is 3.36. The first-order chi connectivity index (χ1) is 32.5. The molecule has 0 bridgehead atoms. The molecule has 1 aromatic heterocycles. The summed E-state index contributed by atoms with van der Waals surface area (Å²) in [5.41, 5.74) is 3.69. The van der Waals surface area contributed by atoms with E-state index in [2.05, 4.69) is 39.5 Å². The van der Waals surface area contributed by atoms with E-state index in [0.29, 0.717) is 53.7 Å². The molecule has 5 N–H and O–H groups in total. The first-order valence-corrected chi connectivity index (χ1v) is 22.8. The number of likely N-dealkylation sites (tertiary alicyclic amines) is 1. The summed E-state index contributed by atoms with van der Waals surface area (Å²) in [5.74, 6) is -1.06. The maximum atomic E-state index is 14.0. The fourth-order valence-corrected chi connectivity index (χ4v) is 9.01. The highest BCUT2D eigenvalue weighted by Crippen LogP contribution is 2.35. The average molecular weight is 904 g/mol. The molecular weight excluding hydrogens is 847 g/mol. The Morgan fingerprint density at radius 2 is 1.57 bits per heavy atom. The van der Waals surface area contributed by atoms with E-state index in [4.69, 9.17) is 4.74 Å². The van der Waals surface area contributed by atoms with Gasteiger partial charge < -0.3 is 40.2 Å². The number of esters is 1. The Bertz CT molecular complexity index is 2770. The number of aromatic amines is 1. The molecule has 1 saturated heterocycles. The monoisotopic (exact) mass is 903 g/mol. The molecule has 13 heteroatoms. The van der Waals surface area contributed by atoms with E-state index >= 15 is 0 Å². The molecule has 5 aromatic carbocycles. The van der Waals surface area contributed by atoms with Crippen LogP contribution in [0.25, 0.3) is 16.5 Å². The number of aromatic hydroxyl groups is 1. The molecule has 67 heavy (non-hydrogen) atoms. The van der Waals surface area contributed by atoms with Crippen LogP contribution in [-0.2, 0) is 33.0 Å². The van der Waals surface area contributed by atoms with Crippen molar-refractivity contribution in [2.75, 3.05) is 52.9 Å². The van der Waals surface area contributed by atoms with Gasteiger partial charge in [0.15, 0.2) is 0 Å². The molecule has 0 spiro atoms. The molecule has 6 aromatic rings. The number of H-pyrrole nitrogens is 1. The zero-order chi connectivity index (χ0) is 46.9. The van der Waals surface area contributed by atoms with Crippen molar-refractivity contribution in [2.45, 2.75) is 44.1 Å². The second-order valence-corrected chi connectivity index (χ2v) is 17.6. The lowest BCUT2D eigenvalue weighted by molar-refractivity contribution is -0.164. The number of nitrogens with zero attached hydrogens (tertiary/aromatic N) is 3. The fraction of sp³-hybridized carbons (Fsp3) is 0.296. The Hall–Kier alpha value is -6.90. The van der Waals surface area contributed by atoms with Gasteiger partial charge in [-0.2, -0.15) is 0 Å². The molecule has 2 aliphatic heterocycles. The number of phenolic OH excluding ortho intramolecular Hbond substituents is 1. The van der Waals surface area contributed by atoms with Crippen LogP contribution in [0.3, 0.4) is 0 Å². The number of amides is 2. The van der Waals surface area contributed by atoms with Crippen LogP contribution in [0, 0.1) is 5.92 Å². The van der Waals surface area contributed by atoms with E-state index in [1.807, 2.05) is 48.5 Å². The van der Waals surface area contributed by atoms with Crippen molar-refractivity contribution in [2.24, 2.45) is 5.92 Å². The lowest BCUT2D eigenvalue weighted by Crippen LogP contribution is -2.42. The number of nitrogens with one attached hydrogen (secondary N) is 2. The number of carbonyl (C=O) groups excluding carboxylic acids is 3. The number of aliphatic hydroxyl groups is 2. The minimum absolute atomic E-state index is 0.0767. The SMILES string of the molecule is CN(CC(=O)N1CC=C(c2cccc(C(O)(C(=O)OCC3CCN(Cc4ccccc4)CC3)c3ccccc3)c2)CC1)C(=O)c1ccc(CNC[C@H](O)c2ccc(O)c3[nH]c(=O)ccc23)cc1. The van der Waals surface area contributed by atoms with Crippen molar-refractivity contribution < 1.29 is 34.4 Å². The van der Waals surface area contributed by atoms with Crippen molar-refractivity contribution in [3.05, 3.63) is 189 Å². The van der Waals surface area contributed by atoms with Gasteiger partial charge in [0, 0.05) is 62.4 Å². The summed E-state index contributed by atoms with van der Waals surface area (Å²) >= 11 is 0. The lowest BCUT2D eigenvalue weighted by atomic mass is 9.84. The van der Waals surface area contributed by atoms with Crippen LogP contribution in [0.1, 0.15) is 69.1 Å². The van der Waals surface area contributed by atoms with Crippen LogP contribution in [0.5, 0.6) is 5.75 Å². The second kappa shape index (κ2) is 21.2. The van der Waals surface area contributed by atoms with Crippen molar-refractivity contribution in [3.8, 4) is 5.75 Å². The molecule has 1 fully saturated rings. The number of fused-ring (bicyclic) bond motifs is 1. The summed E-state index contributed by atoms with van der Waals surface area (Å²) in [6.07, 6.45) is 3.42. The zero-order valence-corrected chi connectivity index (χ0v) is 37.6. The number of piperidine rings is 1. The number of phenols is 1. The van der Waals surface area contributed by atoms with E-state index in [1.165, 1.54) is 22.6 Å². The van der Waals surface area contributed by atoms with Gasteiger partial charge in [0.1, 0.15) is 5.75 Å². The van der Waals surface area contributed by atoms with Gasteiger partial charge in [0.2, 0.25) is 17.1 Å². The summed E-state index contributed by atoms with van der Waals surface area (Å²) in [5, 5.41) is 37.2. The number of hydrogen-bond acceptors (Lipinski definition) is 10. The van der Waals surface area contributed by atoms with Crippen LogP contribution in [0.4, 0.5) is 0 Å². The number of rotatable bonds is 16. The van der Waals surface area contributed by atoms with Crippen LogP contribution in [0.15, 0.2) is 144 Å². The normalized spacial score (nSPS) is 15.9. The number of hydrogen-bond donors (Lipinski definition) is 5. The number of ether oxygens (including phenoxy) is 1. The smallest absolute Gasteiger partial charge is 0.347 e. The van der Waals surface area contributed by atoms with Crippen LogP contribution >= 0.6 is 0 Å². The third-order valence-electron chi connectivity index (χ3n) is 13.0. The Kier molecular flexibility index (Phi) is 14.7. The van der Waals surface area contributed by atoms with Crippen molar-refractivity contribution in [3.63, 3.8) is 0 Å². The van der Waals surface area contributed by atoms with Gasteiger partial charge in [0.25, 0.3) is 5.91 Å². The predicted octanol–water partition coefficient (Wildman–Crippen LogP) is 6.14. The van der Waals surface area contributed by atoms with Crippen LogP contribution in [-0.4, -0.2) is 106 Å². The second-order valence-electron chi connectivity index (χ2n) is 17.6. The highest BCUT2D eigenvalue weighted by atomic mass is 16.5. The van der Waals surface area contributed by atoms with Gasteiger partial charge in [0.05, 0.1) is 24.8 Å². The molecular formula is C54H57N5O8. The van der Waals surface area contributed by atoms with Gasteiger partial charge >= 0.3 is 5.97 Å². The first-order valence-electron chi connectivity index (χ1n) is 22.8. The van der Waals surface area contributed by atoms with Crippen molar-refractivity contribution in [1.29, 1.82) is 0 Å². The molecule has 2 amide bonds. The predicted molar refractivity (Wildman–Crippen MR) is 257 cm³/mol. The standard InChI is InChI=1S/C54H57N5O8/c1-57(52(64)41-17-15-37(16-18-41)32-55-33-48(61)45-19-21-47(60)51-46(45)20-22-49(62)56-51)35-50(63)59-29-25-40(26-30-59)42-11-8-14-44(31-42)54(66,43-12-6-3-7-13-43)53(65)67-36-39-23-27-58(28-24-39)34-38-9-4-2-5-10-38/h2-22,25,31,39,48,55,60-61,66H,23-24,26-30,32-36H2,1H3,(H,56,62)/t48-,54?/m0/s1. The molecule has 2 aliphatic rings. The molecule has 13 nitrogen and oxygen atoms in total. The number of pyridine rings is 1. The van der Waals surface area contributed by atoms with Crippen molar-refractivity contribution in [1.82, 2.24) is 25.0 Å². The third-order valence-corrected chi connectivity index (χ3v) is 13.0. The van der Waals surface area contributed by atoms with E-state index in [0.717, 1.165) is 49.2 Å². The topological polar surface area (TPSA) is 176 Å². The highest BCUT2D eigenvalue weighted by molar-refractivity contribution is 5.96. The summed E-state index contributed by atoms with van der Waals surface area (Å²) in [6, 6.07) is 39.7. The van der Waals surface area contributed by atoms with Gasteiger partial charge in [-0.25, -0.2) is 4.79 Å². The van der Waals surface area contributed by atoms with Gasteiger partial charge in [-0.3, -0.25) is 19.3 Å². The Labute approximate surface area is 389 Å². The maximum Gasteiger partial charge on any atom is 0.347 e. The van der Waals surface area contributed by atoms with Gasteiger partial charge in [-0.15, -0.1) is 0 Å². The Balaban J connectivity index is 0.829. The first kappa shape index (κ1) is 46.6. The number of carbonyl (C=O) groups is 3. The summed E-state index contributed by atoms with van der Waals surface area (Å²) in [4.78, 5) is 60.8. The molecule has 0 saturated carbocycles. The fourth-order valence-electron chi connectivity index (χ4n) is 9.01. The number of benzene rings is 5. The van der Waals surface area contributed by atoms with Gasteiger partial charge in [-0.1, -0.05) is 103 Å². The number of aliphatic hydroxyl groups excluding tert-OH is 1. The number of likely N-dealkylation sites (N-methyl/N-ethyl adjacent to an activating group) is 1. The molecule has 1 unspecified atom stereocenters. The third kappa shape index (κ3) is 11.0. The molecule has 8 rings (SSSR count). The Morgan fingerprint density at radius 3 is 2.28 bits per heavy atom. The van der Waals surface area contributed by atoms with Gasteiger partial charge in [-0.05, 0) is 102 Å². The van der Waals surface area contributed by atoms with Crippen LogP contribution < -0.4 is 10.9 Å². The van der Waals surface area contributed by atoms with Crippen LogP contribution in [0.2, 0.25) is 0 Å². The summed E-state index contributed by atoms with van der Waals surface area (Å²) < 4.78 is 5.95. The maximum absolute atomic E-state index is 14.0. The van der Waals surface area contributed by atoms with E-state index in [-0.39, 0.29) is 54.3 Å². The quantitative estimate of drug-likeness (QED) is 0.0711. The minimum atomic E-state index is -2.03. The number of aromatic nitrogens is 1.